The van der Waals surface area contributed by atoms with E-state index >= 15 is 0 Å². The molecule has 0 saturated carbocycles. The molecule has 1 aliphatic heterocycles. The molecule has 0 bridgehead atoms. The molecule has 6 rings (SSSR count). The molecular formula is C21H20N8O4. The first-order valence-corrected chi connectivity index (χ1v) is 10.5. The molecule has 0 aliphatic carbocycles. The summed E-state index contributed by atoms with van der Waals surface area (Å²) in [6, 6.07) is 7.54. The quantitative estimate of drug-likeness (QED) is 0.382. The highest BCUT2D eigenvalue weighted by molar-refractivity contribution is 5.71. The predicted octanol–water partition coefficient (Wildman–Crippen LogP) is 2.38. The minimum absolute atomic E-state index is 0.192. The van der Waals surface area contributed by atoms with Gasteiger partial charge in [-0.3, -0.25) is 0 Å². The van der Waals surface area contributed by atoms with E-state index in [4.69, 9.17) is 23.7 Å². The number of aromatic nitrogens is 8. The number of ether oxygens (including phenoxy) is 3. The highest BCUT2D eigenvalue weighted by Gasteiger charge is 2.21. The third kappa shape index (κ3) is 3.44. The van der Waals surface area contributed by atoms with Gasteiger partial charge in [0.25, 0.3) is 5.88 Å². The summed E-state index contributed by atoms with van der Waals surface area (Å²) in [6.45, 7) is 3.42. The highest BCUT2D eigenvalue weighted by Crippen LogP contribution is 2.28. The molecule has 1 aliphatic rings. The molecule has 1 fully saturated rings. The maximum Gasteiger partial charge on any atom is 0.275 e. The Bertz CT molecular complexity index is 1450. The molecule has 1 unspecified atom stereocenters. The largest absolute Gasteiger partial charge is 0.491 e. The zero-order chi connectivity index (χ0) is 22.4. The zero-order valence-electron chi connectivity index (χ0n) is 18.0. The third-order valence-corrected chi connectivity index (χ3v) is 5.54. The molecule has 0 amide bonds. The second-order valence-electron chi connectivity index (χ2n) is 7.74. The van der Waals surface area contributed by atoms with Crippen molar-refractivity contribution in [3.8, 4) is 23.1 Å². The lowest BCUT2D eigenvalue weighted by Gasteiger charge is -2.12. The Morgan fingerprint density at radius 1 is 1.21 bits per heavy atom. The van der Waals surface area contributed by atoms with Crippen molar-refractivity contribution in [2.24, 2.45) is 0 Å². The Kier molecular flexibility index (Phi) is 4.64. The molecular weight excluding hydrogens is 428 g/mol. The van der Waals surface area contributed by atoms with Crippen LogP contribution in [0, 0.1) is 6.92 Å². The van der Waals surface area contributed by atoms with Crippen LogP contribution in [0.3, 0.4) is 0 Å². The van der Waals surface area contributed by atoms with Crippen LogP contribution in [0.4, 0.5) is 0 Å². The van der Waals surface area contributed by atoms with Gasteiger partial charge in [-0.15, -0.1) is 15.3 Å². The van der Waals surface area contributed by atoms with E-state index in [0.717, 1.165) is 29.9 Å². The molecule has 33 heavy (non-hydrogen) atoms. The average molecular weight is 448 g/mol. The van der Waals surface area contributed by atoms with Gasteiger partial charge in [-0.1, -0.05) is 5.16 Å². The van der Waals surface area contributed by atoms with E-state index in [1.165, 1.54) is 0 Å². The van der Waals surface area contributed by atoms with Gasteiger partial charge in [0.2, 0.25) is 5.82 Å². The van der Waals surface area contributed by atoms with Gasteiger partial charge in [0.05, 0.1) is 31.8 Å². The summed E-state index contributed by atoms with van der Waals surface area (Å²) in [5.41, 5.74) is 3.41. The van der Waals surface area contributed by atoms with Crippen molar-refractivity contribution in [1.29, 1.82) is 0 Å². The van der Waals surface area contributed by atoms with Crippen LogP contribution in [-0.4, -0.2) is 59.8 Å². The monoisotopic (exact) mass is 448 g/mol. The lowest BCUT2D eigenvalue weighted by atomic mass is 10.2. The van der Waals surface area contributed by atoms with Crippen LogP contribution in [0.15, 0.2) is 35.1 Å². The smallest absolute Gasteiger partial charge is 0.275 e. The van der Waals surface area contributed by atoms with E-state index < -0.39 is 0 Å². The minimum Gasteiger partial charge on any atom is -0.491 e. The number of hydrogen-bond acceptors (Lipinski definition) is 10. The van der Waals surface area contributed by atoms with Crippen LogP contribution in [-0.2, 0) is 11.3 Å². The minimum atomic E-state index is 0.192. The molecule has 0 radical (unpaired) electrons. The Morgan fingerprint density at radius 3 is 2.94 bits per heavy atom. The van der Waals surface area contributed by atoms with Crippen molar-refractivity contribution < 1.29 is 18.7 Å². The van der Waals surface area contributed by atoms with E-state index in [1.807, 2.05) is 18.5 Å². The number of fused-ring (bicyclic) bond motifs is 2. The first-order chi connectivity index (χ1) is 16.2. The number of imidazole rings is 1. The fourth-order valence-electron chi connectivity index (χ4n) is 3.86. The average Bonchev–Trinajstić information content (AvgIpc) is 3.62. The Labute approximate surface area is 187 Å². The maximum atomic E-state index is 6.01. The van der Waals surface area contributed by atoms with Gasteiger partial charge < -0.3 is 23.3 Å². The summed E-state index contributed by atoms with van der Waals surface area (Å²) in [7, 11) is 1.55. The summed E-state index contributed by atoms with van der Waals surface area (Å²) in [5.74, 6) is 1.83. The zero-order valence-corrected chi connectivity index (χ0v) is 18.0. The Morgan fingerprint density at radius 2 is 2.15 bits per heavy atom. The van der Waals surface area contributed by atoms with Crippen LogP contribution in [0.1, 0.15) is 23.9 Å². The summed E-state index contributed by atoms with van der Waals surface area (Å²) in [5, 5.41) is 16.9. The van der Waals surface area contributed by atoms with E-state index in [2.05, 4.69) is 30.0 Å². The number of pyridine rings is 1. The number of aryl methyl sites for hydroxylation is 1. The van der Waals surface area contributed by atoms with Crippen molar-refractivity contribution in [2.45, 2.75) is 26.0 Å². The van der Waals surface area contributed by atoms with Crippen LogP contribution >= 0.6 is 0 Å². The number of methoxy groups -OCH3 is 1. The van der Waals surface area contributed by atoms with E-state index in [0.29, 0.717) is 35.3 Å². The topological polar surface area (TPSA) is 128 Å². The molecule has 0 N–H and O–H groups in total. The summed E-state index contributed by atoms with van der Waals surface area (Å²) >= 11 is 0. The predicted molar refractivity (Wildman–Crippen MR) is 114 cm³/mol. The van der Waals surface area contributed by atoms with Crippen molar-refractivity contribution >= 4 is 16.8 Å². The highest BCUT2D eigenvalue weighted by atomic mass is 16.5. The van der Waals surface area contributed by atoms with Gasteiger partial charge in [-0.25, -0.2) is 9.97 Å². The lowest BCUT2D eigenvalue weighted by Crippen LogP contribution is -2.09. The SMILES string of the molecule is COc1cc2nnc(-c3cc(C)on3)n2nc1OCc1ccc2ncn(C3CCOC3)c2n1. The van der Waals surface area contributed by atoms with Gasteiger partial charge >= 0.3 is 0 Å². The van der Waals surface area contributed by atoms with Crippen LogP contribution in [0.2, 0.25) is 0 Å². The van der Waals surface area contributed by atoms with E-state index in [-0.39, 0.29) is 18.5 Å². The van der Waals surface area contributed by atoms with Gasteiger partial charge in [0.15, 0.2) is 22.7 Å². The molecule has 1 atom stereocenters. The maximum absolute atomic E-state index is 6.01. The number of rotatable bonds is 6. The van der Waals surface area contributed by atoms with E-state index in [1.54, 1.807) is 30.7 Å². The molecule has 0 spiro atoms. The van der Waals surface area contributed by atoms with Crippen LogP contribution < -0.4 is 9.47 Å². The second kappa shape index (κ2) is 7.81. The number of hydrogen-bond donors (Lipinski definition) is 0. The molecule has 168 valence electrons. The van der Waals surface area contributed by atoms with Gasteiger partial charge in [0, 0.05) is 18.7 Å². The van der Waals surface area contributed by atoms with E-state index in [9.17, 15) is 0 Å². The summed E-state index contributed by atoms with van der Waals surface area (Å²) in [4.78, 5) is 9.23. The number of nitrogens with zero attached hydrogens (tertiary/aromatic N) is 8. The van der Waals surface area contributed by atoms with Crippen molar-refractivity contribution in [1.82, 2.24) is 39.5 Å². The lowest BCUT2D eigenvalue weighted by molar-refractivity contribution is 0.187. The molecule has 12 nitrogen and oxygen atoms in total. The van der Waals surface area contributed by atoms with Crippen LogP contribution in [0.25, 0.3) is 28.3 Å². The van der Waals surface area contributed by atoms with Crippen LogP contribution in [0.5, 0.6) is 11.6 Å². The molecule has 1 saturated heterocycles. The standard InChI is InChI=1S/C21H20N8O4/c1-12-7-16(27-33-12)20-25-24-18-8-17(30-2)21(26-29(18)20)32-9-13-3-4-15-19(23-13)28(11-22-15)14-5-6-31-10-14/h3-4,7-8,11,14H,5-6,9-10H2,1-2H3. The van der Waals surface area contributed by atoms with Gasteiger partial charge in [-0.05, 0) is 25.5 Å². The second-order valence-corrected chi connectivity index (χ2v) is 7.74. The first-order valence-electron chi connectivity index (χ1n) is 10.5. The summed E-state index contributed by atoms with van der Waals surface area (Å²) in [6.07, 6.45) is 2.76. The molecule has 0 aromatic carbocycles. The molecule has 12 heteroatoms. The van der Waals surface area contributed by atoms with Crippen molar-refractivity contribution in [2.75, 3.05) is 20.3 Å². The van der Waals surface area contributed by atoms with Gasteiger partial charge in [-0.2, -0.15) is 4.52 Å². The van der Waals surface area contributed by atoms with Crippen molar-refractivity contribution in [3.05, 3.63) is 42.0 Å². The Balaban J connectivity index is 1.31. The first kappa shape index (κ1) is 19.6. The fraction of sp³-hybridized carbons (Fsp3) is 0.333. The third-order valence-electron chi connectivity index (χ3n) is 5.54. The molecule has 6 heterocycles. The van der Waals surface area contributed by atoms with Gasteiger partial charge in [0.1, 0.15) is 17.9 Å². The Hall–Kier alpha value is -4.06. The molecule has 5 aromatic heterocycles. The fourth-order valence-corrected chi connectivity index (χ4v) is 3.86. The normalized spacial score (nSPS) is 16.1. The summed E-state index contributed by atoms with van der Waals surface area (Å²) < 4.78 is 25.7. The van der Waals surface area contributed by atoms with Crippen molar-refractivity contribution in [3.63, 3.8) is 0 Å². The molecule has 5 aromatic rings.